The molecule has 0 saturated carbocycles. The zero-order chi connectivity index (χ0) is 21.0. The summed E-state index contributed by atoms with van der Waals surface area (Å²) in [5.74, 6) is -0.225. The van der Waals surface area contributed by atoms with Crippen molar-refractivity contribution in [2.75, 3.05) is 13.7 Å². The number of halogens is 1. The highest BCUT2D eigenvalue weighted by Gasteiger charge is 2.35. The van der Waals surface area contributed by atoms with Crippen molar-refractivity contribution < 1.29 is 23.9 Å². The standard InChI is InChI=1S/C20H17BrN2O5S/c1-27-16-8-12(6-7-15(16)28-11-18(22)24)9-17-19(25)23(20(26)29-17)10-13-4-2-3-5-14(13)21/h2-9H,10-11H2,1H3,(H2,22,24)/b17-9-. The molecule has 0 atom stereocenters. The molecule has 0 aromatic heterocycles. The van der Waals surface area contributed by atoms with E-state index in [1.807, 2.05) is 24.3 Å². The van der Waals surface area contributed by atoms with E-state index in [1.54, 1.807) is 24.3 Å². The zero-order valence-electron chi connectivity index (χ0n) is 15.4. The maximum Gasteiger partial charge on any atom is 0.293 e. The fraction of sp³-hybridized carbons (Fsp3) is 0.150. The summed E-state index contributed by atoms with van der Waals surface area (Å²) >= 11 is 4.31. The number of benzene rings is 2. The molecule has 150 valence electrons. The van der Waals surface area contributed by atoms with Crippen LogP contribution in [-0.4, -0.2) is 35.7 Å². The lowest BCUT2D eigenvalue weighted by Gasteiger charge is -2.13. The predicted octanol–water partition coefficient (Wildman–Crippen LogP) is 3.56. The van der Waals surface area contributed by atoms with E-state index in [1.165, 1.54) is 12.0 Å². The fourth-order valence-electron chi connectivity index (χ4n) is 2.63. The number of carbonyl (C=O) groups is 3. The number of ether oxygens (including phenoxy) is 2. The van der Waals surface area contributed by atoms with Crippen LogP contribution in [-0.2, 0) is 16.1 Å². The molecular weight excluding hydrogens is 460 g/mol. The molecule has 3 amide bonds. The third-order valence-electron chi connectivity index (χ3n) is 4.02. The Kier molecular flexibility index (Phi) is 6.60. The van der Waals surface area contributed by atoms with Gasteiger partial charge < -0.3 is 15.2 Å². The smallest absolute Gasteiger partial charge is 0.293 e. The minimum atomic E-state index is -0.602. The third kappa shape index (κ3) is 4.99. The second kappa shape index (κ2) is 9.15. The van der Waals surface area contributed by atoms with Crippen LogP contribution < -0.4 is 15.2 Å². The van der Waals surface area contributed by atoms with Crippen LogP contribution in [0.3, 0.4) is 0 Å². The fourth-order valence-corrected chi connectivity index (χ4v) is 3.88. The number of nitrogens with two attached hydrogens (primary N) is 1. The van der Waals surface area contributed by atoms with Gasteiger partial charge in [0.05, 0.1) is 18.6 Å². The maximum atomic E-state index is 12.7. The van der Waals surface area contributed by atoms with E-state index in [2.05, 4.69) is 15.9 Å². The Balaban J connectivity index is 1.80. The zero-order valence-corrected chi connectivity index (χ0v) is 17.8. The Hall–Kier alpha value is -2.78. The number of nitrogens with zero attached hydrogens (tertiary/aromatic N) is 1. The van der Waals surface area contributed by atoms with E-state index in [0.29, 0.717) is 22.0 Å². The first-order chi connectivity index (χ1) is 13.9. The Morgan fingerprint density at radius 1 is 1.21 bits per heavy atom. The van der Waals surface area contributed by atoms with Crippen molar-refractivity contribution in [3.05, 3.63) is 63.0 Å². The lowest BCUT2D eigenvalue weighted by atomic mass is 10.1. The van der Waals surface area contributed by atoms with Gasteiger partial charge in [0.2, 0.25) is 0 Å². The van der Waals surface area contributed by atoms with Gasteiger partial charge in [-0.05, 0) is 47.2 Å². The second-order valence-electron chi connectivity index (χ2n) is 6.02. The third-order valence-corrected chi connectivity index (χ3v) is 5.70. The van der Waals surface area contributed by atoms with Gasteiger partial charge in [-0.2, -0.15) is 0 Å². The molecule has 0 radical (unpaired) electrons. The van der Waals surface area contributed by atoms with Gasteiger partial charge in [0.1, 0.15) is 0 Å². The average Bonchev–Trinajstić information content (AvgIpc) is 2.95. The van der Waals surface area contributed by atoms with Gasteiger partial charge in [-0.25, -0.2) is 0 Å². The van der Waals surface area contributed by atoms with E-state index < -0.39 is 5.91 Å². The summed E-state index contributed by atoms with van der Waals surface area (Å²) < 4.78 is 11.4. The van der Waals surface area contributed by atoms with Gasteiger partial charge >= 0.3 is 0 Å². The normalized spacial score (nSPS) is 15.1. The van der Waals surface area contributed by atoms with Crippen LogP contribution in [0.5, 0.6) is 11.5 Å². The van der Waals surface area contributed by atoms with Gasteiger partial charge in [-0.3, -0.25) is 19.3 Å². The molecule has 7 nitrogen and oxygen atoms in total. The summed E-state index contributed by atoms with van der Waals surface area (Å²) in [5.41, 5.74) is 6.58. The molecule has 0 bridgehead atoms. The maximum absolute atomic E-state index is 12.7. The number of imide groups is 1. The van der Waals surface area contributed by atoms with Crippen LogP contribution in [0.2, 0.25) is 0 Å². The number of thioether (sulfide) groups is 1. The predicted molar refractivity (Wildman–Crippen MR) is 113 cm³/mol. The Labute approximate surface area is 180 Å². The van der Waals surface area contributed by atoms with Crippen molar-refractivity contribution in [3.63, 3.8) is 0 Å². The lowest BCUT2D eigenvalue weighted by Crippen LogP contribution is -2.27. The molecule has 1 aliphatic rings. The second-order valence-corrected chi connectivity index (χ2v) is 7.87. The number of hydrogen-bond acceptors (Lipinski definition) is 6. The summed E-state index contributed by atoms with van der Waals surface area (Å²) in [6.45, 7) is -0.0870. The first-order valence-corrected chi connectivity index (χ1v) is 10.1. The molecule has 1 aliphatic heterocycles. The Bertz CT molecular complexity index is 1010. The summed E-state index contributed by atoms with van der Waals surface area (Å²) in [5, 5.41) is -0.328. The van der Waals surface area contributed by atoms with E-state index in [9.17, 15) is 14.4 Å². The van der Waals surface area contributed by atoms with Crippen molar-refractivity contribution in [2.24, 2.45) is 5.73 Å². The molecule has 2 aromatic rings. The molecule has 3 rings (SSSR count). The van der Waals surface area contributed by atoms with Crippen molar-refractivity contribution in [1.82, 2.24) is 4.90 Å². The van der Waals surface area contributed by atoms with Crippen molar-refractivity contribution in [3.8, 4) is 11.5 Å². The van der Waals surface area contributed by atoms with Crippen molar-refractivity contribution >= 4 is 50.8 Å². The first-order valence-electron chi connectivity index (χ1n) is 8.47. The van der Waals surface area contributed by atoms with Crippen LogP contribution in [0.1, 0.15) is 11.1 Å². The van der Waals surface area contributed by atoms with Gasteiger partial charge in [-0.1, -0.05) is 40.2 Å². The highest BCUT2D eigenvalue weighted by atomic mass is 79.9. The topological polar surface area (TPSA) is 98.9 Å². The van der Waals surface area contributed by atoms with E-state index in [-0.39, 0.29) is 24.3 Å². The van der Waals surface area contributed by atoms with Crippen LogP contribution in [0, 0.1) is 0 Å². The van der Waals surface area contributed by atoms with E-state index in [0.717, 1.165) is 21.8 Å². The van der Waals surface area contributed by atoms with Crippen LogP contribution in [0.15, 0.2) is 51.8 Å². The van der Waals surface area contributed by atoms with Gasteiger partial charge in [0.25, 0.3) is 17.1 Å². The molecule has 9 heteroatoms. The largest absolute Gasteiger partial charge is 0.493 e. The van der Waals surface area contributed by atoms with Crippen molar-refractivity contribution in [2.45, 2.75) is 6.54 Å². The molecule has 0 unspecified atom stereocenters. The van der Waals surface area contributed by atoms with Gasteiger partial charge in [0, 0.05) is 4.47 Å². The van der Waals surface area contributed by atoms with Crippen LogP contribution in [0.25, 0.3) is 6.08 Å². The minimum absolute atomic E-state index is 0.187. The number of hydrogen-bond donors (Lipinski definition) is 1. The number of methoxy groups -OCH3 is 1. The van der Waals surface area contributed by atoms with Gasteiger partial charge in [-0.15, -0.1) is 0 Å². The molecule has 0 spiro atoms. The highest BCUT2D eigenvalue weighted by Crippen LogP contribution is 2.35. The van der Waals surface area contributed by atoms with Gasteiger partial charge in [0.15, 0.2) is 18.1 Å². The first kappa shape index (κ1) is 20.9. The number of carbonyl (C=O) groups excluding carboxylic acids is 3. The Morgan fingerprint density at radius 3 is 2.66 bits per heavy atom. The monoisotopic (exact) mass is 476 g/mol. The molecule has 2 N–H and O–H groups in total. The SMILES string of the molecule is COc1cc(/C=C2\SC(=O)N(Cc3ccccc3Br)C2=O)ccc1OCC(N)=O. The molecular formula is C20H17BrN2O5S. The van der Waals surface area contributed by atoms with Crippen LogP contribution >= 0.6 is 27.7 Å². The summed E-state index contributed by atoms with van der Waals surface area (Å²) in [4.78, 5) is 37.5. The molecule has 1 saturated heterocycles. The molecule has 2 aromatic carbocycles. The molecule has 1 heterocycles. The number of rotatable bonds is 7. The quantitative estimate of drug-likeness (QED) is 0.613. The summed E-state index contributed by atoms with van der Waals surface area (Å²) in [6, 6.07) is 12.4. The summed E-state index contributed by atoms with van der Waals surface area (Å²) in [7, 11) is 1.46. The van der Waals surface area contributed by atoms with Crippen LogP contribution in [0.4, 0.5) is 4.79 Å². The Morgan fingerprint density at radius 2 is 1.97 bits per heavy atom. The lowest BCUT2D eigenvalue weighted by molar-refractivity contribution is -0.123. The minimum Gasteiger partial charge on any atom is -0.493 e. The summed E-state index contributed by atoms with van der Waals surface area (Å²) in [6.07, 6.45) is 1.62. The molecule has 0 aliphatic carbocycles. The van der Waals surface area contributed by atoms with Crippen molar-refractivity contribution in [1.29, 1.82) is 0 Å². The highest BCUT2D eigenvalue weighted by molar-refractivity contribution is 9.10. The molecule has 1 fully saturated rings. The number of amides is 3. The average molecular weight is 477 g/mol. The number of primary amides is 1. The van der Waals surface area contributed by atoms with E-state index >= 15 is 0 Å². The van der Waals surface area contributed by atoms with E-state index in [4.69, 9.17) is 15.2 Å². The molecule has 29 heavy (non-hydrogen) atoms.